The van der Waals surface area contributed by atoms with Crippen molar-refractivity contribution in [1.82, 2.24) is 5.32 Å². The number of carbonyl (C=O) groups excluding carboxylic acids is 2. The highest BCUT2D eigenvalue weighted by molar-refractivity contribution is 8.13. The average Bonchev–Trinajstić information content (AvgIpc) is 2.53. The summed E-state index contributed by atoms with van der Waals surface area (Å²) in [4.78, 5) is 34.1. The normalized spacial score (nSPS) is 31.8. The molecule has 1 amide bonds. The third kappa shape index (κ3) is 5.65. The Labute approximate surface area is 149 Å². The fourth-order valence-electron chi connectivity index (χ4n) is 2.60. The van der Waals surface area contributed by atoms with Crippen molar-refractivity contribution in [2.45, 2.75) is 69.7 Å². The van der Waals surface area contributed by atoms with Gasteiger partial charge in [-0.05, 0) is 6.92 Å². The number of carboxylic acids is 1. The number of aliphatic hydroxyl groups excluding tert-OH is 3. The number of hydrogen-bond donors (Lipinski definition) is 5. The number of carboxylic acid groups (broad SMARTS) is 1. The summed E-state index contributed by atoms with van der Waals surface area (Å²) in [7, 11) is 0. The summed E-state index contributed by atoms with van der Waals surface area (Å²) in [5, 5.41) is 42.3. The van der Waals surface area contributed by atoms with Gasteiger partial charge in [-0.25, -0.2) is 4.79 Å². The standard InChI is InChI=1S/C15H25NO8S/c1-4-10(20)25-6-9(19)12(21)13-11(16-7(2)17)8(18)5-15(3,24-13)14(22)23/h8-9,11-13,18-19,21H,4-6H2,1-3H3,(H,16,17)(H,22,23)/t8-,9+,11+,12+,13?,15-/m0/s1. The molecule has 0 aromatic heterocycles. The molecule has 0 bridgehead atoms. The molecule has 1 aliphatic heterocycles. The van der Waals surface area contributed by atoms with Crippen molar-refractivity contribution in [1.29, 1.82) is 0 Å². The molecule has 0 aromatic rings. The van der Waals surface area contributed by atoms with E-state index in [0.29, 0.717) is 0 Å². The molecular weight excluding hydrogens is 354 g/mol. The molecule has 0 saturated carbocycles. The van der Waals surface area contributed by atoms with Gasteiger partial charge in [0.15, 0.2) is 10.7 Å². The second-order valence-corrected chi connectivity index (χ2v) is 7.29. The van der Waals surface area contributed by atoms with E-state index in [9.17, 15) is 34.8 Å². The lowest BCUT2D eigenvalue weighted by Crippen LogP contribution is -2.66. The zero-order valence-corrected chi connectivity index (χ0v) is 15.2. The minimum Gasteiger partial charge on any atom is -0.479 e. The Morgan fingerprint density at radius 2 is 1.96 bits per heavy atom. The van der Waals surface area contributed by atoms with E-state index in [2.05, 4.69) is 5.32 Å². The van der Waals surface area contributed by atoms with Crippen LogP contribution in [-0.2, 0) is 19.1 Å². The number of nitrogens with one attached hydrogen (secondary N) is 1. The lowest BCUT2D eigenvalue weighted by molar-refractivity contribution is -0.221. The van der Waals surface area contributed by atoms with E-state index >= 15 is 0 Å². The van der Waals surface area contributed by atoms with Gasteiger partial charge in [-0.15, -0.1) is 0 Å². The number of aliphatic hydroxyl groups is 3. The fourth-order valence-corrected chi connectivity index (χ4v) is 3.36. The van der Waals surface area contributed by atoms with Crippen molar-refractivity contribution in [2.75, 3.05) is 5.75 Å². The molecule has 0 radical (unpaired) electrons. The summed E-state index contributed by atoms with van der Waals surface area (Å²) < 4.78 is 5.46. The molecule has 0 aromatic carbocycles. The minimum atomic E-state index is -1.79. The van der Waals surface area contributed by atoms with E-state index in [0.717, 1.165) is 11.8 Å². The van der Waals surface area contributed by atoms with Gasteiger partial charge in [0, 0.05) is 25.5 Å². The number of amides is 1. The first kappa shape index (κ1) is 21.8. The number of hydrogen-bond acceptors (Lipinski definition) is 8. The number of carbonyl (C=O) groups is 3. The number of ether oxygens (including phenoxy) is 1. The van der Waals surface area contributed by atoms with Crippen molar-refractivity contribution in [3.05, 3.63) is 0 Å². The summed E-state index contributed by atoms with van der Waals surface area (Å²) in [5.41, 5.74) is -1.79. The average molecular weight is 379 g/mol. The topological polar surface area (TPSA) is 153 Å². The van der Waals surface area contributed by atoms with Crippen molar-refractivity contribution in [3.63, 3.8) is 0 Å². The highest BCUT2D eigenvalue weighted by atomic mass is 32.2. The largest absolute Gasteiger partial charge is 0.479 e. The van der Waals surface area contributed by atoms with Crippen LogP contribution in [-0.4, -0.2) is 79.2 Å². The van der Waals surface area contributed by atoms with E-state index in [-0.39, 0.29) is 23.7 Å². The second kappa shape index (κ2) is 8.95. The van der Waals surface area contributed by atoms with Gasteiger partial charge < -0.3 is 30.5 Å². The molecule has 1 unspecified atom stereocenters. The van der Waals surface area contributed by atoms with Gasteiger partial charge in [-0.3, -0.25) is 9.59 Å². The maximum absolute atomic E-state index is 11.4. The fraction of sp³-hybridized carbons (Fsp3) is 0.800. The lowest BCUT2D eigenvalue weighted by Gasteiger charge is -2.45. The third-order valence-electron chi connectivity index (χ3n) is 4.02. The molecule has 5 N–H and O–H groups in total. The molecule has 6 atom stereocenters. The van der Waals surface area contributed by atoms with Crippen LogP contribution in [0.4, 0.5) is 0 Å². The lowest BCUT2D eigenvalue weighted by atomic mass is 9.84. The molecular formula is C15H25NO8S. The quantitative estimate of drug-likeness (QED) is 0.370. The highest BCUT2D eigenvalue weighted by Crippen LogP contribution is 2.32. The van der Waals surface area contributed by atoms with Crippen LogP contribution in [0.15, 0.2) is 0 Å². The first-order valence-electron chi connectivity index (χ1n) is 7.90. The Kier molecular flexibility index (Phi) is 7.82. The van der Waals surface area contributed by atoms with Gasteiger partial charge in [-0.2, -0.15) is 0 Å². The SMILES string of the molecule is CCC(=O)SC[C@@H](O)[C@@H](O)C1O[C@](C)(C(=O)O)C[C@H](O)[C@H]1NC(C)=O. The van der Waals surface area contributed by atoms with Crippen LogP contribution < -0.4 is 5.32 Å². The third-order valence-corrected chi connectivity index (χ3v) is 5.14. The first-order valence-corrected chi connectivity index (χ1v) is 8.88. The Hall–Kier alpha value is -1.20. The molecule has 10 heteroatoms. The van der Waals surface area contributed by atoms with Crippen LogP contribution in [0.1, 0.15) is 33.6 Å². The van der Waals surface area contributed by atoms with Crippen LogP contribution >= 0.6 is 11.8 Å². The van der Waals surface area contributed by atoms with Crippen LogP contribution in [0.3, 0.4) is 0 Å². The maximum Gasteiger partial charge on any atom is 0.335 e. The summed E-state index contributed by atoms with van der Waals surface area (Å²) >= 11 is 0.828. The van der Waals surface area contributed by atoms with Crippen LogP contribution in [0, 0.1) is 0 Å². The Morgan fingerprint density at radius 3 is 2.44 bits per heavy atom. The molecule has 0 spiro atoms. The Bertz CT molecular complexity index is 516. The molecule has 25 heavy (non-hydrogen) atoms. The van der Waals surface area contributed by atoms with Gasteiger partial charge in [0.1, 0.15) is 12.2 Å². The number of aliphatic carboxylic acids is 1. The molecule has 1 saturated heterocycles. The first-order chi connectivity index (χ1) is 11.5. The van der Waals surface area contributed by atoms with E-state index in [1.165, 1.54) is 13.8 Å². The van der Waals surface area contributed by atoms with Crippen molar-refractivity contribution < 1.29 is 39.5 Å². The van der Waals surface area contributed by atoms with Crippen LogP contribution in [0.25, 0.3) is 0 Å². The van der Waals surface area contributed by atoms with Gasteiger partial charge in [0.25, 0.3) is 0 Å². The monoisotopic (exact) mass is 379 g/mol. The molecule has 0 aliphatic carbocycles. The molecule has 1 rings (SSSR count). The number of thioether (sulfide) groups is 1. The van der Waals surface area contributed by atoms with Gasteiger partial charge >= 0.3 is 5.97 Å². The summed E-state index contributed by atoms with van der Waals surface area (Å²) in [6.07, 6.45) is -5.71. The zero-order chi connectivity index (χ0) is 19.4. The van der Waals surface area contributed by atoms with E-state index < -0.39 is 47.9 Å². The number of rotatable bonds is 7. The highest BCUT2D eigenvalue weighted by Gasteiger charge is 2.52. The second-order valence-electron chi connectivity index (χ2n) is 6.21. The predicted octanol–water partition coefficient (Wildman–Crippen LogP) is -1.12. The summed E-state index contributed by atoms with van der Waals surface area (Å²) in [6.45, 7) is 4.10. The van der Waals surface area contributed by atoms with E-state index in [1.54, 1.807) is 6.92 Å². The van der Waals surface area contributed by atoms with Crippen molar-refractivity contribution in [3.8, 4) is 0 Å². The van der Waals surface area contributed by atoms with E-state index in [4.69, 9.17) is 4.74 Å². The van der Waals surface area contributed by atoms with Gasteiger partial charge in [0.05, 0.1) is 18.2 Å². The molecule has 1 aliphatic rings. The summed E-state index contributed by atoms with van der Waals surface area (Å²) in [6, 6.07) is -1.10. The molecule has 1 fully saturated rings. The van der Waals surface area contributed by atoms with Crippen LogP contribution in [0.2, 0.25) is 0 Å². The Morgan fingerprint density at radius 1 is 1.36 bits per heavy atom. The van der Waals surface area contributed by atoms with Crippen molar-refractivity contribution in [2.24, 2.45) is 0 Å². The molecule has 1 heterocycles. The van der Waals surface area contributed by atoms with Gasteiger partial charge in [0.2, 0.25) is 5.91 Å². The van der Waals surface area contributed by atoms with Gasteiger partial charge in [-0.1, -0.05) is 18.7 Å². The minimum absolute atomic E-state index is 0.125. The van der Waals surface area contributed by atoms with Crippen LogP contribution in [0.5, 0.6) is 0 Å². The zero-order valence-electron chi connectivity index (χ0n) is 14.3. The molecule has 9 nitrogen and oxygen atoms in total. The van der Waals surface area contributed by atoms with Crippen molar-refractivity contribution >= 4 is 28.8 Å². The van der Waals surface area contributed by atoms with E-state index in [1.807, 2.05) is 0 Å². The molecule has 144 valence electrons. The predicted molar refractivity (Wildman–Crippen MR) is 88.9 cm³/mol. The summed E-state index contributed by atoms with van der Waals surface area (Å²) in [5.74, 6) is -1.97. The smallest absolute Gasteiger partial charge is 0.335 e. The maximum atomic E-state index is 11.4. The Balaban J connectivity index is 2.98.